The van der Waals surface area contributed by atoms with Crippen LogP contribution in [0.15, 0.2) is 45.6 Å². The number of aromatic amines is 1. The monoisotopic (exact) mass is 412 g/mol. The second kappa shape index (κ2) is 6.55. The summed E-state index contributed by atoms with van der Waals surface area (Å²) in [6.45, 7) is 0. The third-order valence-corrected chi connectivity index (χ3v) is 5.82. The zero-order valence-electron chi connectivity index (χ0n) is 14.3. The average Bonchev–Trinajstić information content (AvgIpc) is 3.28. The molecule has 2 atom stereocenters. The van der Waals surface area contributed by atoms with E-state index in [4.69, 9.17) is 0 Å². The first kappa shape index (κ1) is 16.1. The lowest BCUT2D eigenvalue weighted by atomic mass is 10.1. The van der Waals surface area contributed by atoms with Crippen molar-refractivity contribution < 1.29 is 0 Å². The Kier molecular flexibility index (Phi) is 4.05. The minimum Gasteiger partial charge on any atom is -0.337 e. The topological polar surface area (TPSA) is 77.1 Å². The van der Waals surface area contributed by atoms with E-state index in [1.165, 1.54) is 29.7 Å². The molecule has 3 aliphatic rings. The van der Waals surface area contributed by atoms with Crippen molar-refractivity contribution in [1.82, 2.24) is 20.8 Å². The van der Waals surface area contributed by atoms with Crippen molar-refractivity contribution in [3.63, 3.8) is 0 Å². The fraction of sp³-hybridized carbons (Fsp3) is 0.368. The summed E-state index contributed by atoms with van der Waals surface area (Å²) in [5, 5.41) is 17.9. The van der Waals surface area contributed by atoms with Gasteiger partial charge in [0, 0.05) is 29.9 Å². The Balaban J connectivity index is 1.26. The SMILES string of the molecule is BrC1=C(Nc2cc(C3CC3)[nH]n2)NC(NC2CCc3ccccc32)N=C1. The Morgan fingerprint density at radius 2 is 2.04 bits per heavy atom. The molecule has 26 heavy (non-hydrogen) atoms. The highest BCUT2D eigenvalue weighted by Gasteiger charge is 2.27. The van der Waals surface area contributed by atoms with Crippen LogP contribution in [0.3, 0.4) is 0 Å². The lowest BCUT2D eigenvalue weighted by molar-refractivity contribution is 0.405. The summed E-state index contributed by atoms with van der Waals surface area (Å²) >= 11 is 3.57. The highest BCUT2D eigenvalue weighted by Crippen LogP contribution is 2.39. The Bertz CT molecular complexity index is 882. The minimum absolute atomic E-state index is 0.170. The summed E-state index contributed by atoms with van der Waals surface area (Å²) < 4.78 is 0.887. The minimum atomic E-state index is -0.170. The third kappa shape index (κ3) is 3.17. The lowest BCUT2D eigenvalue weighted by Gasteiger charge is -2.26. The predicted octanol–water partition coefficient (Wildman–Crippen LogP) is 3.50. The van der Waals surface area contributed by atoms with Crippen LogP contribution in [0.2, 0.25) is 0 Å². The molecule has 0 amide bonds. The van der Waals surface area contributed by atoms with Gasteiger partial charge in [-0.05, 0) is 52.7 Å². The quantitative estimate of drug-likeness (QED) is 0.605. The Morgan fingerprint density at radius 3 is 2.92 bits per heavy atom. The molecule has 7 heteroatoms. The largest absolute Gasteiger partial charge is 0.337 e. The number of anilines is 1. The standard InChI is InChI=1S/C19H21BrN6/c20-14-10-21-19(22-15-8-7-11-3-1-2-4-13(11)15)24-18(14)23-17-9-16(25-26-17)12-5-6-12/h1-4,9-10,12,15,19,22,24H,5-8H2,(H2,23,25,26). The number of hydrogen-bond acceptors (Lipinski definition) is 5. The molecule has 0 radical (unpaired) electrons. The number of halogens is 1. The van der Waals surface area contributed by atoms with Gasteiger partial charge in [0.25, 0.3) is 0 Å². The summed E-state index contributed by atoms with van der Waals surface area (Å²) in [6.07, 6.45) is 6.40. The number of hydrogen-bond donors (Lipinski definition) is 4. The van der Waals surface area contributed by atoms with Gasteiger partial charge in [-0.1, -0.05) is 24.3 Å². The number of H-pyrrole nitrogens is 1. The van der Waals surface area contributed by atoms with E-state index in [9.17, 15) is 0 Å². The molecule has 6 nitrogen and oxygen atoms in total. The van der Waals surface area contributed by atoms with Crippen LogP contribution in [-0.4, -0.2) is 22.7 Å². The number of rotatable bonds is 5. The van der Waals surface area contributed by atoms with Crippen molar-refractivity contribution in [3.05, 3.63) is 57.5 Å². The number of benzene rings is 1. The van der Waals surface area contributed by atoms with Crippen molar-refractivity contribution in [2.45, 2.75) is 43.9 Å². The van der Waals surface area contributed by atoms with Crippen LogP contribution in [0, 0.1) is 0 Å². The smallest absolute Gasteiger partial charge is 0.175 e. The van der Waals surface area contributed by atoms with Crippen molar-refractivity contribution >= 4 is 28.0 Å². The molecule has 1 fully saturated rings. The molecule has 2 heterocycles. The van der Waals surface area contributed by atoms with Gasteiger partial charge in [0.1, 0.15) is 5.82 Å². The Labute approximate surface area is 160 Å². The molecule has 0 spiro atoms. The molecule has 2 aromatic rings. The summed E-state index contributed by atoms with van der Waals surface area (Å²) in [7, 11) is 0. The van der Waals surface area contributed by atoms with E-state index in [-0.39, 0.29) is 6.29 Å². The van der Waals surface area contributed by atoms with Crippen LogP contribution < -0.4 is 16.0 Å². The van der Waals surface area contributed by atoms with Gasteiger partial charge in [-0.15, -0.1) is 0 Å². The van der Waals surface area contributed by atoms with Crippen molar-refractivity contribution in [3.8, 4) is 0 Å². The maximum absolute atomic E-state index is 4.56. The summed E-state index contributed by atoms with van der Waals surface area (Å²) in [5.41, 5.74) is 4.03. The molecule has 5 rings (SSSR count). The van der Waals surface area contributed by atoms with Gasteiger partial charge < -0.3 is 10.6 Å². The highest BCUT2D eigenvalue weighted by atomic mass is 79.9. The molecule has 1 aliphatic heterocycles. The molecule has 2 unspecified atom stereocenters. The van der Waals surface area contributed by atoms with Gasteiger partial charge in [-0.3, -0.25) is 15.4 Å². The molecule has 4 N–H and O–H groups in total. The van der Waals surface area contributed by atoms with E-state index >= 15 is 0 Å². The lowest BCUT2D eigenvalue weighted by Crippen LogP contribution is -2.45. The molecule has 1 saturated carbocycles. The molecular formula is C19H21BrN6. The third-order valence-electron chi connectivity index (χ3n) is 5.22. The fourth-order valence-corrected chi connectivity index (χ4v) is 4.01. The fourth-order valence-electron chi connectivity index (χ4n) is 3.68. The Morgan fingerprint density at radius 1 is 1.15 bits per heavy atom. The molecule has 134 valence electrons. The molecule has 2 aliphatic carbocycles. The summed E-state index contributed by atoms with van der Waals surface area (Å²) in [5.74, 6) is 2.36. The van der Waals surface area contributed by atoms with Crippen LogP contribution in [0.1, 0.15) is 48.0 Å². The number of aromatic nitrogens is 2. The normalized spacial score (nSPS) is 24.5. The van der Waals surface area contributed by atoms with Crippen molar-refractivity contribution in [2.24, 2.45) is 4.99 Å². The number of aryl methyl sites for hydroxylation is 1. The average molecular weight is 413 g/mol. The number of nitrogens with zero attached hydrogens (tertiary/aromatic N) is 2. The van der Waals surface area contributed by atoms with Gasteiger partial charge in [-0.2, -0.15) is 5.10 Å². The van der Waals surface area contributed by atoms with E-state index < -0.39 is 0 Å². The van der Waals surface area contributed by atoms with Crippen molar-refractivity contribution in [2.75, 3.05) is 5.32 Å². The zero-order chi connectivity index (χ0) is 17.5. The Hall–Kier alpha value is -2.12. The van der Waals surface area contributed by atoms with Gasteiger partial charge in [0.2, 0.25) is 0 Å². The van der Waals surface area contributed by atoms with E-state index in [0.29, 0.717) is 12.0 Å². The number of nitrogens with one attached hydrogen (secondary N) is 4. The number of fused-ring (bicyclic) bond motifs is 1. The van der Waals surface area contributed by atoms with Crippen LogP contribution in [0.25, 0.3) is 0 Å². The number of aliphatic imine (C=N–C) groups is 1. The first-order valence-corrected chi connectivity index (χ1v) is 9.91. The van der Waals surface area contributed by atoms with Crippen LogP contribution in [0.5, 0.6) is 0 Å². The van der Waals surface area contributed by atoms with Gasteiger partial charge in [0.15, 0.2) is 12.1 Å². The van der Waals surface area contributed by atoms with E-state index in [0.717, 1.165) is 29.0 Å². The first-order valence-electron chi connectivity index (χ1n) is 9.12. The molecule has 1 aromatic heterocycles. The van der Waals surface area contributed by atoms with Crippen molar-refractivity contribution in [1.29, 1.82) is 0 Å². The summed E-state index contributed by atoms with van der Waals surface area (Å²) in [4.78, 5) is 4.56. The van der Waals surface area contributed by atoms with Gasteiger partial charge >= 0.3 is 0 Å². The second-order valence-corrected chi connectivity index (χ2v) is 7.97. The first-order chi connectivity index (χ1) is 12.8. The maximum atomic E-state index is 4.56. The predicted molar refractivity (Wildman–Crippen MR) is 106 cm³/mol. The van der Waals surface area contributed by atoms with Gasteiger partial charge in [-0.25, -0.2) is 0 Å². The van der Waals surface area contributed by atoms with Crippen LogP contribution in [-0.2, 0) is 6.42 Å². The van der Waals surface area contributed by atoms with E-state index in [1.807, 2.05) is 6.21 Å². The maximum Gasteiger partial charge on any atom is 0.175 e. The van der Waals surface area contributed by atoms with E-state index in [2.05, 4.69) is 77.4 Å². The molecule has 1 aromatic carbocycles. The van der Waals surface area contributed by atoms with E-state index in [1.54, 1.807) is 0 Å². The molecule has 0 saturated heterocycles. The zero-order valence-corrected chi connectivity index (χ0v) is 15.9. The summed E-state index contributed by atoms with van der Waals surface area (Å²) in [6, 6.07) is 11.1. The van der Waals surface area contributed by atoms with Crippen LogP contribution in [0.4, 0.5) is 5.82 Å². The molecule has 0 bridgehead atoms. The number of allylic oxidation sites excluding steroid dienone is 1. The second-order valence-electron chi connectivity index (χ2n) is 7.11. The highest BCUT2D eigenvalue weighted by molar-refractivity contribution is 9.12. The van der Waals surface area contributed by atoms with Crippen LogP contribution >= 0.6 is 15.9 Å². The van der Waals surface area contributed by atoms with Gasteiger partial charge in [0.05, 0.1) is 4.48 Å². The molecular weight excluding hydrogens is 392 g/mol.